The zero-order valence-corrected chi connectivity index (χ0v) is 14.6. The van der Waals surface area contributed by atoms with Gasteiger partial charge in [0.15, 0.2) is 11.6 Å². The van der Waals surface area contributed by atoms with Crippen LogP contribution in [0.4, 0.5) is 10.1 Å². The number of fused-ring (bicyclic) bond motifs is 1. The molecule has 24 heavy (non-hydrogen) atoms. The van der Waals surface area contributed by atoms with Crippen LogP contribution in [0.15, 0.2) is 24.4 Å². The van der Waals surface area contributed by atoms with E-state index in [2.05, 4.69) is 9.88 Å². The molecule has 1 aliphatic heterocycles. The molecule has 1 saturated heterocycles. The first-order valence-electron chi connectivity index (χ1n) is 7.92. The van der Waals surface area contributed by atoms with Gasteiger partial charge in [-0.05, 0) is 30.9 Å². The molecule has 2 aromatic rings. The Kier molecular flexibility index (Phi) is 4.62. The molecule has 0 N–H and O–H groups in total. The quantitative estimate of drug-likeness (QED) is 0.847. The van der Waals surface area contributed by atoms with Crippen LogP contribution in [0.3, 0.4) is 0 Å². The van der Waals surface area contributed by atoms with Crippen molar-refractivity contribution in [2.24, 2.45) is 5.92 Å². The highest BCUT2D eigenvalue weighted by molar-refractivity contribution is 7.90. The van der Waals surface area contributed by atoms with Crippen molar-refractivity contribution in [2.45, 2.75) is 12.8 Å². The van der Waals surface area contributed by atoms with Gasteiger partial charge >= 0.3 is 0 Å². The molecule has 0 bridgehead atoms. The van der Waals surface area contributed by atoms with Crippen LogP contribution >= 0.6 is 0 Å². The standard InChI is InChI=1S/C17H21FN2O3S/c1-23-17-9-13-15(10-14(17)18)19-6-3-16(13)20-7-4-12(5-8-20)11-24(2,21)22/h3,6,9-10,12H,4-5,7-8,11H2,1-2H3. The van der Waals surface area contributed by atoms with Crippen LogP contribution in [0.5, 0.6) is 5.75 Å². The molecular formula is C17H21FN2O3S. The molecule has 1 aliphatic rings. The summed E-state index contributed by atoms with van der Waals surface area (Å²) in [6.45, 7) is 1.55. The van der Waals surface area contributed by atoms with Crippen LogP contribution in [-0.4, -0.2) is 45.6 Å². The van der Waals surface area contributed by atoms with Crippen molar-refractivity contribution in [2.75, 3.05) is 37.1 Å². The Morgan fingerprint density at radius 3 is 2.67 bits per heavy atom. The predicted octanol–water partition coefficient (Wildman–Crippen LogP) is 2.64. The van der Waals surface area contributed by atoms with Gasteiger partial charge in [-0.15, -0.1) is 0 Å². The molecule has 0 spiro atoms. The van der Waals surface area contributed by atoms with Crippen molar-refractivity contribution in [1.29, 1.82) is 0 Å². The molecule has 0 aliphatic carbocycles. The number of hydrogen-bond acceptors (Lipinski definition) is 5. The van der Waals surface area contributed by atoms with Crippen LogP contribution in [0.1, 0.15) is 12.8 Å². The van der Waals surface area contributed by atoms with Crippen molar-refractivity contribution in [3.05, 3.63) is 30.2 Å². The van der Waals surface area contributed by atoms with Crippen LogP contribution in [-0.2, 0) is 9.84 Å². The monoisotopic (exact) mass is 352 g/mol. The first kappa shape index (κ1) is 17.0. The van der Waals surface area contributed by atoms with Gasteiger partial charge in [-0.3, -0.25) is 4.98 Å². The van der Waals surface area contributed by atoms with E-state index in [1.807, 2.05) is 6.07 Å². The summed E-state index contributed by atoms with van der Waals surface area (Å²) < 4.78 is 41.9. The maximum atomic E-state index is 13.9. The minimum Gasteiger partial charge on any atom is -0.494 e. The van der Waals surface area contributed by atoms with Gasteiger partial charge in [-0.1, -0.05) is 0 Å². The Morgan fingerprint density at radius 2 is 2.04 bits per heavy atom. The fourth-order valence-electron chi connectivity index (χ4n) is 3.33. The van der Waals surface area contributed by atoms with E-state index in [0.29, 0.717) is 5.52 Å². The third-order valence-corrected chi connectivity index (χ3v) is 5.56. The molecule has 0 saturated carbocycles. The molecular weight excluding hydrogens is 331 g/mol. The highest BCUT2D eigenvalue weighted by atomic mass is 32.2. The van der Waals surface area contributed by atoms with Gasteiger partial charge in [-0.2, -0.15) is 0 Å². The van der Waals surface area contributed by atoms with E-state index in [1.54, 1.807) is 12.3 Å². The number of pyridine rings is 1. The maximum Gasteiger partial charge on any atom is 0.167 e. The zero-order chi connectivity index (χ0) is 17.3. The van der Waals surface area contributed by atoms with Crippen LogP contribution < -0.4 is 9.64 Å². The lowest BCUT2D eigenvalue weighted by atomic mass is 9.98. The van der Waals surface area contributed by atoms with Crippen molar-refractivity contribution in [3.63, 3.8) is 0 Å². The first-order chi connectivity index (χ1) is 11.4. The number of halogens is 1. The third kappa shape index (κ3) is 3.61. The molecule has 2 heterocycles. The summed E-state index contributed by atoms with van der Waals surface area (Å²) in [4.78, 5) is 6.44. The third-order valence-electron chi connectivity index (χ3n) is 4.49. The summed E-state index contributed by atoms with van der Waals surface area (Å²) in [6.07, 6.45) is 4.62. The van der Waals surface area contributed by atoms with E-state index in [-0.39, 0.29) is 17.4 Å². The maximum absolute atomic E-state index is 13.9. The van der Waals surface area contributed by atoms with E-state index in [0.717, 1.165) is 37.0 Å². The lowest BCUT2D eigenvalue weighted by Gasteiger charge is -2.34. The van der Waals surface area contributed by atoms with E-state index in [9.17, 15) is 12.8 Å². The largest absolute Gasteiger partial charge is 0.494 e. The zero-order valence-electron chi connectivity index (χ0n) is 13.8. The molecule has 130 valence electrons. The van der Waals surface area contributed by atoms with Crippen molar-refractivity contribution in [1.82, 2.24) is 4.98 Å². The Hall–Kier alpha value is -1.89. The second-order valence-electron chi connectivity index (χ2n) is 6.36. The Morgan fingerprint density at radius 1 is 1.33 bits per heavy atom. The van der Waals surface area contributed by atoms with E-state index in [4.69, 9.17) is 4.74 Å². The van der Waals surface area contributed by atoms with E-state index in [1.165, 1.54) is 19.4 Å². The van der Waals surface area contributed by atoms with Gasteiger partial charge in [0.05, 0.1) is 18.4 Å². The summed E-state index contributed by atoms with van der Waals surface area (Å²) in [6, 6.07) is 4.97. The molecule has 1 aromatic heterocycles. The number of piperidine rings is 1. The number of anilines is 1. The highest BCUT2D eigenvalue weighted by Crippen LogP contribution is 2.33. The average Bonchev–Trinajstić information content (AvgIpc) is 2.53. The van der Waals surface area contributed by atoms with Crippen molar-refractivity contribution >= 4 is 26.4 Å². The fourth-order valence-corrected chi connectivity index (χ4v) is 4.52. The van der Waals surface area contributed by atoms with Crippen molar-refractivity contribution in [3.8, 4) is 5.75 Å². The number of ether oxygens (including phenoxy) is 1. The highest BCUT2D eigenvalue weighted by Gasteiger charge is 2.24. The number of aromatic nitrogens is 1. The van der Waals surface area contributed by atoms with Gasteiger partial charge < -0.3 is 9.64 Å². The van der Waals surface area contributed by atoms with E-state index >= 15 is 0 Å². The lowest BCUT2D eigenvalue weighted by Crippen LogP contribution is -2.36. The molecule has 1 aromatic carbocycles. The number of hydrogen-bond donors (Lipinski definition) is 0. The second-order valence-corrected chi connectivity index (χ2v) is 8.54. The van der Waals surface area contributed by atoms with Crippen molar-refractivity contribution < 1.29 is 17.5 Å². The van der Waals surface area contributed by atoms with Gasteiger partial charge in [0.2, 0.25) is 0 Å². The first-order valence-corrected chi connectivity index (χ1v) is 9.98. The number of methoxy groups -OCH3 is 1. The summed E-state index contributed by atoms with van der Waals surface area (Å²) >= 11 is 0. The minimum atomic E-state index is -2.94. The summed E-state index contributed by atoms with van der Waals surface area (Å²) in [5.41, 5.74) is 1.57. The molecule has 1 fully saturated rings. The van der Waals surface area contributed by atoms with Gasteiger partial charge in [0.1, 0.15) is 9.84 Å². The normalized spacial score (nSPS) is 16.5. The molecule has 0 amide bonds. The Bertz CT molecular complexity index is 846. The second kappa shape index (κ2) is 6.55. The van der Waals surface area contributed by atoms with Crippen LogP contribution in [0, 0.1) is 11.7 Å². The Labute approximate surface area is 141 Å². The number of nitrogens with zero attached hydrogens (tertiary/aromatic N) is 2. The average molecular weight is 352 g/mol. The minimum absolute atomic E-state index is 0.198. The van der Waals surface area contributed by atoms with Crippen LogP contribution in [0.25, 0.3) is 10.9 Å². The molecule has 0 radical (unpaired) electrons. The molecule has 5 nitrogen and oxygen atoms in total. The van der Waals surface area contributed by atoms with E-state index < -0.39 is 15.7 Å². The van der Waals surface area contributed by atoms with Crippen LogP contribution in [0.2, 0.25) is 0 Å². The van der Waals surface area contributed by atoms with Gasteiger partial charge in [0, 0.05) is 42.7 Å². The summed E-state index contributed by atoms with van der Waals surface area (Å²) in [5, 5.41) is 0.845. The molecule has 7 heteroatoms. The number of sulfone groups is 1. The predicted molar refractivity (Wildman–Crippen MR) is 92.9 cm³/mol. The molecule has 0 unspecified atom stereocenters. The number of rotatable bonds is 4. The topological polar surface area (TPSA) is 59.5 Å². The van der Waals surface area contributed by atoms with Gasteiger partial charge in [-0.25, -0.2) is 12.8 Å². The number of benzene rings is 1. The molecule has 0 atom stereocenters. The summed E-state index contributed by atoms with van der Waals surface area (Å²) in [5.74, 6) is 0.221. The lowest BCUT2D eigenvalue weighted by molar-refractivity contribution is 0.387. The summed E-state index contributed by atoms with van der Waals surface area (Å²) in [7, 11) is -1.50. The smallest absolute Gasteiger partial charge is 0.167 e. The fraction of sp³-hybridized carbons (Fsp3) is 0.471. The van der Waals surface area contributed by atoms with Gasteiger partial charge in [0.25, 0.3) is 0 Å². The SMILES string of the molecule is COc1cc2c(N3CCC(CS(C)(=O)=O)CC3)ccnc2cc1F. The molecule has 3 rings (SSSR count). The Balaban J connectivity index is 1.85.